The lowest BCUT2D eigenvalue weighted by molar-refractivity contribution is -0.0500. The molecule has 0 aliphatic carbocycles. The van der Waals surface area contributed by atoms with Crippen molar-refractivity contribution < 1.29 is 39.3 Å². The zero-order valence-corrected chi connectivity index (χ0v) is 30.4. The van der Waals surface area contributed by atoms with Crippen LogP contribution in [0, 0.1) is 5.82 Å². The predicted molar refractivity (Wildman–Crippen MR) is 186 cm³/mol. The average molecular weight is 724 g/mol. The maximum Gasteiger partial charge on any atom is 0.534 e. The molecule has 1 fully saturated rings. The van der Waals surface area contributed by atoms with Crippen LogP contribution in [-0.2, 0) is 16.5 Å². The quantitative estimate of drug-likeness (QED) is 0.0665. The van der Waals surface area contributed by atoms with Gasteiger partial charge in [-0.05, 0) is 115 Å². The molecular weight excluding hydrogens is 683 g/mol. The van der Waals surface area contributed by atoms with Crippen molar-refractivity contribution in [2.45, 2.75) is 70.1 Å². The van der Waals surface area contributed by atoms with Gasteiger partial charge in [0, 0.05) is 16.1 Å². The molecule has 1 aromatic heterocycles. The molecule has 0 radical (unpaired) electrons. The van der Waals surface area contributed by atoms with Gasteiger partial charge in [-0.2, -0.15) is 21.6 Å². The molecule has 0 atom stereocenters. The van der Waals surface area contributed by atoms with Gasteiger partial charge in [0.25, 0.3) is 8.32 Å². The number of fused-ring (bicyclic) bond motifs is 1. The molecule has 1 saturated heterocycles. The van der Waals surface area contributed by atoms with Gasteiger partial charge < -0.3 is 13.3 Å². The first-order valence-corrected chi connectivity index (χ1v) is 21.1. The van der Waals surface area contributed by atoms with Crippen molar-refractivity contribution in [1.29, 1.82) is 0 Å². The molecule has 5 rings (SSSR count). The zero-order chi connectivity index (χ0) is 34.9. The Morgan fingerprint density at radius 3 is 2.21 bits per heavy atom. The van der Waals surface area contributed by atoms with Gasteiger partial charge in [0.05, 0.1) is 0 Å². The van der Waals surface area contributed by atoms with Gasteiger partial charge in [0.1, 0.15) is 23.9 Å². The van der Waals surface area contributed by atoms with Crippen LogP contribution in [0.5, 0.6) is 17.2 Å². The summed E-state index contributed by atoms with van der Waals surface area (Å²) < 4.78 is 95.0. The molecule has 0 bridgehead atoms. The Morgan fingerprint density at radius 2 is 1.56 bits per heavy atom. The van der Waals surface area contributed by atoms with Gasteiger partial charge in [-0.1, -0.05) is 45.4 Å². The predicted octanol–water partition coefficient (Wildman–Crippen LogP) is 9.78. The summed E-state index contributed by atoms with van der Waals surface area (Å²) in [6.45, 7) is 13.9. The first-order chi connectivity index (χ1) is 22.4. The van der Waals surface area contributed by atoms with Gasteiger partial charge in [-0.25, -0.2) is 4.39 Å². The number of rotatable bonds is 11. The maximum atomic E-state index is 15.1. The summed E-state index contributed by atoms with van der Waals surface area (Å²) in [6, 6.07) is 16.5. The Balaban J connectivity index is 1.47. The second-order valence-corrected chi connectivity index (χ2v) is 20.9. The number of nitrogens with zero attached hydrogens (tertiary/aromatic N) is 1. The van der Waals surface area contributed by atoms with Crippen LogP contribution in [-0.4, -0.2) is 53.4 Å². The fraction of sp³-hybridized carbons (Fsp3) is 0.429. The van der Waals surface area contributed by atoms with E-state index in [1.807, 2.05) is 37.4 Å². The lowest BCUT2D eigenvalue weighted by Crippen LogP contribution is -2.44. The molecule has 2 heterocycles. The van der Waals surface area contributed by atoms with E-state index in [1.165, 1.54) is 48.8 Å². The molecule has 1 aliphatic heterocycles. The van der Waals surface area contributed by atoms with E-state index in [0.29, 0.717) is 28.7 Å². The first kappa shape index (κ1) is 36.2. The van der Waals surface area contributed by atoms with Crippen molar-refractivity contribution in [1.82, 2.24) is 4.90 Å². The number of halogens is 4. The normalized spacial score (nSPS) is 15.1. The summed E-state index contributed by atoms with van der Waals surface area (Å²) in [5, 5.41) is 0.541. The monoisotopic (exact) mass is 723 g/mol. The van der Waals surface area contributed by atoms with E-state index < -0.39 is 35.5 Å². The van der Waals surface area contributed by atoms with Crippen LogP contribution in [0.2, 0.25) is 18.1 Å². The number of thiophene rings is 1. The van der Waals surface area contributed by atoms with Gasteiger partial charge in [0.15, 0.2) is 5.82 Å². The number of piperidine rings is 1. The van der Waals surface area contributed by atoms with E-state index in [-0.39, 0.29) is 10.8 Å². The second-order valence-electron chi connectivity index (χ2n) is 13.6. The van der Waals surface area contributed by atoms with Crippen molar-refractivity contribution in [3.8, 4) is 27.7 Å². The number of hydrogen-bond donors (Lipinski definition) is 0. The minimum atomic E-state index is -5.85. The number of ether oxygens (including phenoxy) is 1. The fourth-order valence-electron chi connectivity index (χ4n) is 5.30. The smallest absolute Gasteiger partial charge is 0.534 e. The third kappa shape index (κ3) is 8.35. The molecule has 13 heteroatoms. The summed E-state index contributed by atoms with van der Waals surface area (Å²) >= 11 is 1.26. The lowest BCUT2D eigenvalue weighted by Gasteiger charge is -2.36. The van der Waals surface area contributed by atoms with Crippen molar-refractivity contribution in [2.75, 3.05) is 26.2 Å². The Labute approximate surface area is 284 Å². The van der Waals surface area contributed by atoms with Gasteiger partial charge in [-0.15, -0.1) is 11.3 Å². The van der Waals surface area contributed by atoms with Crippen LogP contribution in [0.15, 0.2) is 60.7 Å². The zero-order valence-electron chi connectivity index (χ0n) is 27.7. The highest BCUT2D eigenvalue weighted by molar-refractivity contribution is 7.88. The van der Waals surface area contributed by atoms with Crippen LogP contribution in [0.3, 0.4) is 0 Å². The van der Waals surface area contributed by atoms with Crippen LogP contribution in [0.1, 0.15) is 51.2 Å². The molecule has 1 aliphatic rings. The van der Waals surface area contributed by atoms with Crippen LogP contribution >= 0.6 is 11.3 Å². The highest BCUT2D eigenvalue weighted by atomic mass is 32.2. The third-order valence-electron chi connectivity index (χ3n) is 9.05. The van der Waals surface area contributed by atoms with Gasteiger partial charge in [0.2, 0.25) is 0 Å². The van der Waals surface area contributed by atoms with Crippen molar-refractivity contribution >= 4 is 39.9 Å². The van der Waals surface area contributed by atoms with Crippen LogP contribution in [0.4, 0.5) is 17.6 Å². The standard InChI is InChI=1S/C35H41F4NO5S2Si/c1-34(2,3)48(4,5)45-31-22-25(11-16-30(31)36)33-29(28-15-14-27(23-32(28)46-33)44-47(41,42)35(37,38)39)21-24-9-12-26(13-10-24)43-20-19-40-17-7-6-8-18-40/h9-16,22-23H,6-8,17-21H2,1-5H3. The Morgan fingerprint density at radius 1 is 0.896 bits per heavy atom. The van der Waals surface area contributed by atoms with E-state index >= 15 is 4.39 Å². The lowest BCUT2D eigenvalue weighted by atomic mass is 9.98. The second kappa shape index (κ2) is 14.0. The average Bonchev–Trinajstić information content (AvgIpc) is 3.35. The molecule has 0 N–H and O–H groups in total. The fourth-order valence-corrected chi connectivity index (χ4v) is 8.01. The van der Waals surface area contributed by atoms with Crippen LogP contribution in [0.25, 0.3) is 20.5 Å². The topological polar surface area (TPSA) is 65.1 Å². The van der Waals surface area contributed by atoms with Gasteiger partial charge >= 0.3 is 15.6 Å². The maximum absolute atomic E-state index is 15.1. The molecule has 0 spiro atoms. The van der Waals surface area contributed by atoms with E-state index in [2.05, 4.69) is 29.9 Å². The van der Waals surface area contributed by atoms with E-state index in [0.717, 1.165) is 41.4 Å². The summed E-state index contributed by atoms with van der Waals surface area (Å²) in [4.78, 5) is 3.16. The minimum absolute atomic E-state index is 0.133. The SMILES string of the molecule is CC(C)(C)[Si](C)(C)Oc1cc(-c2sc3cc(OS(=O)(=O)C(F)(F)F)ccc3c2Cc2ccc(OCCN3CCCCC3)cc2)ccc1F. The summed E-state index contributed by atoms with van der Waals surface area (Å²) in [6.07, 6.45) is 4.16. The number of benzene rings is 3. The highest BCUT2D eigenvalue weighted by Gasteiger charge is 2.48. The Kier molecular flexibility index (Phi) is 10.5. The molecule has 0 saturated carbocycles. The van der Waals surface area contributed by atoms with Crippen molar-refractivity contribution in [2.24, 2.45) is 0 Å². The number of likely N-dealkylation sites (tertiary alicyclic amines) is 1. The van der Waals surface area contributed by atoms with Gasteiger partial charge in [-0.3, -0.25) is 4.90 Å². The number of alkyl halides is 3. The molecule has 0 amide bonds. The van der Waals surface area contributed by atoms with E-state index in [4.69, 9.17) is 9.16 Å². The molecule has 0 unspecified atom stereocenters. The Hall–Kier alpha value is -3.13. The summed E-state index contributed by atoms with van der Waals surface area (Å²) in [5.41, 5.74) is -3.08. The summed E-state index contributed by atoms with van der Waals surface area (Å²) in [7, 11) is -8.24. The van der Waals surface area contributed by atoms with Crippen molar-refractivity contribution in [3.63, 3.8) is 0 Å². The molecular formula is C35H41F4NO5S2Si. The largest absolute Gasteiger partial charge is 0.542 e. The highest BCUT2D eigenvalue weighted by Crippen LogP contribution is 2.44. The van der Waals surface area contributed by atoms with Crippen LogP contribution < -0.4 is 13.3 Å². The van der Waals surface area contributed by atoms with E-state index in [9.17, 15) is 21.6 Å². The molecule has 4 aromatic rings. The minimum Gasteiger partial charge on any atom is -0.542 e. The van der Waals surface area contributed by atoms with E-state index in [1.54, 1.807) is 18.2 Å². The third-order valence-corrected chi connectivity index (χ3v) is 15.6. The Bertz CT molecular complexity index is 1850. The molecule has 48 heavy (non-hydrogen) atoms. The molecule has 3 aromatic carbocycles. The number of hydrogen-bond acceptors (Lipinski definition) is 7. The molecule has 6 nitrogen and oxygen atoms in total. The molecule has 260 valence electrons. The first-order valence-electron chi connectivity index (χ1n) is 15.9. The van der Waals surface area contributed by atoms with Crippen molar-refractivity contribution in [3.05, 3.63) is 77.6 Å². The summed E-state index contributed by atoms with van der Waals surface area (Å²) in [5.74, 6) is -0.0555.